The third-order valence-electron chi connectivity index (χ3n) is 6.57. The molecule has 1 N–H and O–H groups in total. The number of halogens is 1. The number of amides is 2. The van der Waals surface area contributed by atoms with Gasteiger partial charge >= 0.3 is 0 Å². The van der Waals surface area contributed by atoms with Gasteiger partial charge < -0.3 is 15.0 Å². The zero-order valence-electron chi connectivity index (χ0n) is 22.7. The van der Waals surface area contributed by atoms with Gasteiger partial charge in [0.25, 0.3) is 5.91 Å². The highest BCUT2D eigenvalue weighted by atomic mass is 79.9. The van der Waals surface area contributed by atoms with E-state index in [1.807, 2.05) is 97.9 Å². The fourth-order valence-electron chi connectivity index (χ4n) is 4.53. The molecule has 4 rings (SSSR count). The van der Waals surface area contributed by atoms with Gasteiger partial charge in [-0.05, 0) is 56.7 Å². The molecule has 2 amide bonds. The molecule has 0 unspecified atom stereocenters. The summed E-state index contributed by atoms with van der Waals surface area (Å²) in [5, 5.41) is 5.14. The highest BCUT2D eigenvalue weighted by Gasteiger charge is 2.31. The molecule has 39 heavy (non-hydrogen) atoms. The van der Waals surface area contributed by atoms with Crippen LogP contribution < -0.4 is 10.1 Å². The molecule has 0 saturated carbocycles. The Kier molecular flexibility index (Phi) is 9.77. The van der Waals surface area contributed by atoms with Gasteiger partial charge in [-0.25, -0.2) is 0 Å². The van der Waals surface area contributed by atoms with Crippen molar-refractivity contribution in [3.05, 3.63) is 112 Å². The molecular formula is C33H35BrN2O3. The van der Waals surface area contributed by atoms with Crippen molar-refractivity contribution in [2.45, 2.75) is 39.8 Å². The molecule has 0 radical (unpaired) electrons. The average Bonchev–Trinajstić information content (AvgIpc) is 2.94. The van der Waals surface area contributed by atoms with Gasteiger partial charge in [-0.1, -0.05) is 104 Å². The Morgan fingerprint density at radius 2 is 1.62 bits per heavy atom. The molecule has 4 aromatic carbocycles. The number of benzene rings is 4. The minimum absolute atomic E-state index is 0.166. The molecule has 0 aliphatic carbocycles. The summed E-state index contributed by atoms with van der Waals surface area (Å²) < 4.78 is 6.86. The Morgan fingerprint density at radius 1 is 0.897 bits per heavy atom. The number of carbonyl (C=O) groups excluding carboxylic acids is 2. The first-order valence-corrected chi connectivity index (χ1v) is 14.1. The molecule has 0 bridgehead atoms. The van der Waals surface area contributed by atoms with Crippen molar-refractivity contribution in [2.75, 3.05) is 13.2 Å². The predicted molar refractivity (Wildman–Crippen MR) is 161 cm³/mol. The second-order valence-electron chi connectivity index (χ2n) is 10.2. The summed E-state index contributed by atoms with van der Waals surface area (Å²) in [6.45, 7) is 6.78. The molecule has 0 aromatic heterocycles. The Labute approximate surface area is 239 Å². The lowest BCUT2D eigenvalue weighted by Gasteiger charge is -2.32. The van der Waals surface area contributed by atoms with Gasteiger partial charge in [0.1, 0.15) is 11.8 Å². The topological polar surface area (TPSA) is 58.6 Å². The molecule has 0 aliphatic heterocycles. The first-order chi connectivity index (χ1) is 18.8. The van der Waals surface area contributed by atoms with Crippen LogP contribution in [-0.2, 0) is 22.6 Å². The molecular weight excluding hydrogens is 552 g/mol. The SMILES string of the molecule is Cc1cccc(CN(C(=O)COc2ccc3ccccc3c2Br)[C@@H](Cc2ccccc2)C(=O)NCC(C)C)c1. The molecule has 0 fully saturated rings. The molecule has 0 aliphatic rings. The number of hydrogen-bond acceptors (Lipinski definition) is 3. The van der Waals surface area contributed by atoms with Crippen molar-refractivity contribution in [1.29, 1.82) is 0 Å². The molecule has 1 atom stereocenters. The fourth-order valence-corrected chi connectivity index (χ4v) is 5.14. The number of nitrogens with zero attached hydrogens (tertiary/aromatic N) is 1. The van der Waals surface area contributed by atoms with E-state index in [0.29, 0.717) is 31.2 Å². The first-order valence-electron chi connectivity index (χ1n) is 13.3. The first kappa shape index (κ1) is 28.4. The lowest BCUT2D eigenvalue weighted by atomic mass is 10.0. The molecule has 0 heterocycles. The minimum Gasteiger partial charge on any atom is -0.483 e. The van der Waals surface area contributed by atoms with E-state index < -0.39 is 6.04 Å². The van der Waals surface area contributed by atoms with Crippen LogP contribution in [0.25, 0.3) is 10.8 Å². The van der Waals surface area contributed by atoms with E-state index in [4.69, 9.17) is 4.74 Å². The molecule has 202 valence electrons. The Bertz CT molecular complexity index is 1420. The zero-order chi connectivity index (χ0) is 27.8. The summed E-state index contributed by atoms with van der Waals surface area (Å²) in [6, 6.07) is 29.0. The van der Waals surface area contributed by atoms with Gasteiger partial charge in [0.15, 0.2) is 6.61 Å². The molecule has 0 spiro atoms. The van der Waals surface area contributed by atoms with Crippen molar-refractivity contribution in [3.63, 3.8) is 0 Å². The summed E-state index contributed by atoms with van der Waals surface area (Å²) in [5.74, 6) is 0.458. The van der Waals surface area contributed by atoms with Gasteiger partial charge in [0.2, 0.25) is 5.91 Å². The van der Waals surface area contributed by atoms with Crippen LogP contribution in [0.2, 0.25) is 0 Å². The van der Waals surface area contributed by atoms with Crippen molar-refractivity contribution in [1.82, 2.24) is 10.2 Å². The summed E-state index contributed by atoms with van der Waals surface area (Å²) >= 11 is 3.65. The van der Waals surface area contributed by atoms with E-state index in [-0.39, 0.29) is 18.4 Å². The molecule has 0 saturated heterocycles. The fraction of sp³-hybridized carbons (Fsp3) is 0.273. The van der Waals surface area contributed by atoms with Crippen LogP contribution in [0.4, 0.5) is 0 Å². The maximum atomic E-state index is 13.9. The summed E-state index contributed by atoms with van der Waals surface area (Å²) in [5.41, 5.74) is 3.05. The van der Waals surface area contributed by atoms with Crippen LogP contribution in [0.5, 0.6) is 5.75 Å². The Morgan fingerprint density at radius 3 is 2.36 bits per heavy atom. The van der Waals surface area contributed by atoms with E-state index >= 15 is 0 Å². The number of aryl methyl sites for hydroxylation is 1. The third kappa shape index (κ3) is 7.70. The van der Waals surface area contributed by atoms with Gasteiger partial charge in [-0.15, -0.1) is 0 Å². The van der Waals surface area contributed by atoms with Gasteiger partial charge in [-0.2, -0.15) is 0 Å². The lowest BCUT2D eigenvalue weighted by Crippen LogP contribution is -2.52. The molecule has 5 nitrogen and oxygen atoms in total. The number of carbonyl (C=O) groups is 2. The molecule has 4 aromatic rings. The van der Waals surface area contributed by atoms with E-state index in [9.17, 15) is 9.59 Å². The minimum atomic E-state index is -0.692. The zero-order valence-corrected chi connectivity index (χ0v) is 24.3. The highest BCUT2D eigenvalue weighted by molar-refractivity contribution is 9.10. The number of rotatable bonds is 11. The van der Waals surface area contributed by atoms with Crippen molar-refractivity contribution >= 4 is 38.5 Å². The summed E-state index contributed by atoms with van der Waals surface area (Å²) in [7, 11) is 0. The second-order valence-corrected chi connectivity index (χ2v) is 11.0. The summed E-state index contributed by atoms with van der Waals surface area (Å²) in [4.78, 5) is 29.1. The van der Waals surface area contributed by atoms with Crippen LogP contribution in [0.3, 0.4) is 0 Å². The maximum Gasteiger partial charge on any atom is 0.261 e. The lowest BCUT2D eigenvalue weighted by molar-refractivity contribution is -0.142. The van der Waals surface area contributed by atoms with Crippen molar-refractivity contribution in [3.8, 4) is 5.75 Å². The van der Waals surface area contributed by atoms with Crippen LogP contribution in [0.15, 0.2) is 95.5 Å². The third-order valence-corrected chi connectivity index (χ3v) is 7.39. The second kappa shape index (κ2) is 13.4. The monoisotopic (exact) mass is 586 g/mol. The number of hydrogen-bond donors (Lipinski definition) is 1. The van der Waals surface area contributed by atoms with Crippen LogP contribution >= 0.6 is 15.9 Å². The van der Waals surface area contributed by atoms with E-state index in [1.54, 1.807) is 4.90 Å². The number of nitrogens with one attached hydrogen (secondary N) is 1. The normalized spacial score (nSPS) is 11.8. The largest absolute Gasteiger partial charge is 0.483 e. The van der Waals surface area contributed by atoms with E-state index in [0.717, 1.165) is 31.9 Å². The van der Waals surface area contributed by atoms with Gasteiger partial charge in [0.05, 0.1) is 4.47 Å². The quantitative estimate of drug-likeness (QED) is 0.213. The molecule has 6 heteroatoms. The highest BCUT2D eigenvalue weighted by Crippen LogP contribution is 2.33. The smallest absolute Gasteiger partial charge is 0.261 e. The van der Waals surface area contributed by atoms with E-state index in [1.165, 1.54) is 0 Å². The van der Waals surface area contributed by atoms with Crippen molar-refractivity contribution in [2.24, 2.45) is 5.92 Å². The van der Waals surface area contributed by atoms with Crippen LogP contribution in [0, 0.1) is 12.8 Å². The van der Waals surface area contributed by atoms with Crippen LogP contribution in [-0.4, -0.2) is 35.9 Å². The Hall–Kier alpha value is -3.64. The Balaban J connectivity index is 1.63. The van der Waals surface area contributed by atoms with E-state index in [2.05, 4.69) is 35.1 Å². The average molecular weight is 588 g/mol. The number of ether oxygens (including phenoxy) is 1. The summed E-state index contributed by atoms with van der Waals surface area (Å²) in [6.07, 6.45) is 0.405. The van der Waals surface area contributed by atoms with Crippen LogP contribution in [0.1, 0.15) is 30.5 Å². The van der Waals surface area contributed by atoms with Crippen molar-refractivity contribution < 1.29 is 14.3 Å². The maximum absolute atomic E-state index is 13.9. The van der Waals surface area contributed by atoms with Gasteiger partial charge in [0, 0.05) is 19.5 Å². The standard InChI is InChI=1S/C33H35BrN2O3/c1-23(2)20-35-33(38)29(19-25-11-5-4-6-12-25)36(21-26-13-9-10-24(3)18-26)31(37)22-39-30-17-16-27-14-7-8-15-28(27)32(30)34/h4-18,23,29H,19-22H2,1-3H3,(H,35,38)/t29-/m0/s1. The van der Waals surface area contributed by atoms with Gasteiger partial charge in [-0.3, -0.25) is 9.59 Å². The predicted octanol–water partition coefficient (Wildman–Crippen LogP) is 6.70. The number of fused-ring (bicyclic) bond motifs is 1.